The number of benzene rings is 1. The summed E-state index contributed by atoms with van der Waals surface area (Å²) in [4.78, 5) is 10.9. The number of ether oxygens (including phenoxy) is 1. The highest BCUT2D eigenvalue weighted by atomic mass is 16.5. The second-order valence-corrected chi connectivity index (χ2v) is 5.24. The third-order valence-electron chi connectivity index (χ3n) is 3.66. The number of hydrogen-bond donors (Lipinski definition) is 2. The fourth-order valence-electron chi connectivity index (χ4n) is 2.61. The number of rotatable bonds is 6. The number of aliphatic hydroxyl groups is 1. The summed E-state index contributed by atoms with van der Waals surface area (Å²) in [6, 6.07) is 6.65. The molecule has 0 heterocycles. The van der Waals surface area contributed by atoms with Crippen molar-refractivity contribution in [3.63, 3.8) is 0 Å². The maximum atomic E-state index is 10.9. The summed E-state index contributed by atoms with van der Waals surface area (Å²) in [5.74, 6) is 0.846. The van der Waals surface area contributed by atoms with E-state index in [1.807, 2.05) is 0 Å². The molecule has 19 heavy (non-hydrogen) atoms. The van der Waals surface area contributed by atoms with Gasteiger partial charge in [0, 0.05) is 5.56 Å². The molecule has 4 heteroatoms. The third kappa shape index (κ3) is 4.24. The highest BCUT2D eigenvalue weighted by molar-refractivity contribution is 5.92. The van der Waals surface area contributed by atoms with E-state index >= 15 is 0 Å². The van der Waals surface area contributed by atoms with Crippen molar-refractivity contribution in [2.45, 2.75) is 38.2 Å². The predicted molar refractivity (Wildman–Crippen MR) is 73.0 cm³/mol. The molecule has 0 aliphatic heterocycles. The van der Waals surface area contributed by atoms with Crippen LogP contribution in [0.3, 0.4) is 0 Å². The van der Waals surface area contributed by atoms with Crippen molar-refractivity contribution in [2.75, 3.05) is 6.61 Å². The van der Waals surface area contributed by atoms with E-state index < -0.39 is 12.0 Å². The van der Waals surface area contributed by atoms with Gasteiger partial charge in [0.1, 0.15) is 12.4 Å². The third-order valence-corrected chi connectivity index (χ3v) is 3.66. The molecule has 1 aliphatic rings. The predicted octanol–water partition coefficient (Wildman–Crippen LogP) is 2.11. The summed E-state index contributed by atoms with van der Waals surface area (Å²) in [7, 11) is 0. The van der Waals surface area contributed by atoms with Crippen molar-refractivity contribution >= 4 is 5.91 Å². The van der Waals surface area contributed by atoms with Crippen molar-refractivity contribution in [1.29, 1.82) is 0 Å². The Labute approximate surface area is 113 Å². The maximum Gasteiger partial charge on any atom is 0.248 e. The zero-order valence-corrected chi connectivity index (χ0v) is 11.0. The molecule has 0 bridgehead atoms. The molecule has 4 nitrogen and oxygen atoms in total. The minimum atomic E-state index is -0.451. The number of primary amides is 1. The average Bonchev–Trinajstić information content (AvgIpc) is 2.89. The number of aliphatic hydroxyl groups excluding tert-OH is 1. The zero-order chi connectivity index (χ0) is 13.7. The fourth-order valence-corrected chi connectivity index (χ4v) is 2.61. The van der Waals surface area contributed by atoms with Gasteiger partial charge in [-0.2, -0.15) is 0 Å². The summed E-state index contributed by atoms with van der Waals surface area (Å²) >= 11 is 0. The Morgan fingerprint density at radius 3 is 2.53 bits per heavy atom. The minimum Gasteiger partial charge on any atom is -0.491 e. The quantitative estimate of drug-likeness (QED) is 0.825. The van der Waals surface area contributed by atoms with Gasteiger partial charge in [0.15, 0.2) is 0 Å². The Morgan fingerprint density at radius 2 is 1.95 bits per heavy atom. The lowest BCUT2D eigenvalue weighted by Gasteiger charge is -2.16. The molecule has 1 unspecified atom stereocenters. The lowest BCUT2D eigenvalue weighted by Crippen LogP contribution is -2.20. The first-order chi connectivity index (χ1) is 9.15. The Kier molecular flexibility index (Phi) is 4.80. The van der Waals surface area contributed by atoms with Gasteiger partial charge in [-0.1, -0.05) is 25.7 Å². The van der Waals surface area contributed by atoms with Gasteiger partial charge >= 0.3 is 0 Å². The molecular weight excluding hydrogens is 242 g/mol. The van der Waals surface area contributed by atoms with Crippen LogP contribution in [0, 0.1) is 5.92 Å². The van der Waals surface area contributed by atoms with Gasteiger partial charge in [-0.25, -0.2) is 0 Å². The molecule has 1 fully saturated rings. The van der Waals surface area contributed by atoms with E-state index in [0.29, 0.717) is 23.8 Å². The van der Waals surface area contributed by atoms with E-state index in [2.05, 4.69) is 0 Å². The van der Waals surface area contributed by atoms with Gasteiger partial charge in [-0.15, -0.1) is 0 Å². The molecule has 0 spiro atoms. The van der Waals surface area contributed by atoms with Crippen LogP contribution in [0.1, 0.15) is 42.5 Å². The normalized spacial score (nSPS) is 17.3. The summed E-state index contributed by atoms with van der Waals surface area (Å²) in [6.07, 6.45) is 5.42. The van der Waals surface area contributed by atoms with E-state index in [4.69, 9.17) is 10.5 Å². The molecule has 1 atom stereocenters. The van der Waals surface area contributed by atoms with Crippen LogP contribution in [0.4, 0.5) is 0 Å². The largest absolute Gasteiger partial charge is 0.491 e. The molecule has 1 aromatic rings. The summed E-state index contributed by atoms with van der Waals surface area (Å²) in [6.45, 7) is 0.298. The SMILES string of the molecule is NC(=O)c1ccc(OCC(O)CC2CCCC2)cc1. The summed E-state index contributed by atoms with van der Waals surface area (Å²) < 4.78 is 5.51. The highest BCUT2D eigenvalue weighted by Gasteiger charge is 2.19. The number of nitrogens with two attached hydrogens (primary N) is 1. The Balaban J connectivity index is 1.76. The molecule has 1 aromatic carbocycles. The van der Waals surface area contributed by atoms with Crippen LogP contribution in [0.15, 0.2) is 24.3 Å². The second kappa shape index (κ2) is 6.57. The smallest absolute Gasteiger partial charge is 0.248 e. The molecule has 0 saturated heterocycles. The maximum absolute atomic E-state index is 10.9. The molecule has 1 amide bonds. The minimum absolute atomic E-state index is 0.298. The van der Waals surface area contributed by atoms with Crippen molar-refractivity contribution in [3.8, 4) is 5.75 Å². The van der Waals surface area contributed by atoms with Crippen molar-refractivity contribution in [2.24, 2.45) is 11.7 Å². The molecule has 0 radical (unpaired) electrons. The summed E-state index contributed by atoms with van der Waals surface area (Å²) in [5, 5.41) is 9.91. The first kappa shape index (κ1) is 13.9. The van der Waals surface area contributed by atoms with Crippen LogP contribution in [-0.2, 0) is 0 Å². The van der Waals surface area contributed by atoms with Crippen LogP contribution < -0.4 is 10.5 Å². The molecule has 0 aromatic heterocycles. The van der Waals surface area contributed by atoms with Crippen LogP contribution in [0.2, 0.25) is 0 Å². The fraction of sp³-hybridized carbons (Fsp3) is 0.533. The van der Waals surface area contributed by atoms with Gasteiger partial charge in [-0.05, 0) is 36.6 Å². The number of amides is 1. The van der Waals surface area contributed by atoms with Crippen LogP contribution >= 0.6 is 0 Å². The van der Waals surface area contributed by atoms with Crippen LogP contribution in [0.5, 0.6) is 5.75 Å². The van der Waals surface area contributed by atoms with Gasteiger partial charge in [0.2, 0.25) is 5.91 Å². The number of carbonyl (C=O) groups is 1. The van der Waals surface area contributed by atoms with E-state index in [0.717, 1.165) is 6.42 Å². The Morgan fingerprint density at radius 1 is 1.32 bits per heavy atom. The Hall–Kier alpha value is -1.55. The van der Waals surface area contributed by atoms with Gasteiger partial charge in [0.25, 0.3) is 0 Å². The first-order valence-electron chi connectivity index (χ1n) is 6.86. The molecule has 2 rings (SSSR count). The van der Waals surface area contributed by atoms with Crippen molar-refractivity contribution < 1.29 is 14.6 Å². The standard InChI is InChI=1S/C15H21NO3/c16-15(18)12-5-7-14(8-6-12)19-10-13(17)9-11-3-1-2-4-11/h5-8,11,13,17H,1-4,9-10H2,(H2,16,18). The van der Waals surface area contributed by atoms with E-state index in [1.165, 1.54) is 25.7 Å². The van der Waals surface area contributed by atoms with Crippen LogP contribution in [-0.4, -0.2) is 23.7 Å². The monoisotopic (exact) mass is 263 g/mol. The van der Waals surface area contributed by atoms with Gasteiger partial charge in [0.05, 0.1) is 6.10 Å². The van der Waals surface area contributed by atoms with E-state index in [-0.39, 0.29) is 0 Å². The molecule has 3 N–H and O–H groups in total. The summed E-state index contributed by atoms with van der Waals surface area (Å²) in [5.41, 5.74) is 5.61. The number of carbonyl (C=O) groups excluding carboxylic acids is 1. The first-order valence-corrected chi connectivity index (χ1v) is 6.86. The molecule has 1 aliphatic carbocycles. The van der Waals surface area contributed by atoms with Crippen molar-refractivity contribution in [1.82, 2.24) is 0 Å². The highest BCUT2D eigenvalue weighted by Crippen LogP contribution is 2.28. The molecular formula is C15H21NO3. The topological polar surface area (TPSA) is 72.6 Å². The molecule has 104 valence electrons. The zero-order valence-electron chi connectivity index (χ0n) is 11.0. The van der Waals surface area contributed by atoms with Gasteiger partial charge < -0.3 is 15.6 Å². The van der Waals surface area contributed by atoms with Crippen molar-refractivity contribution in [3.05, 3.63) is 29.8 Å². The van der Waals surface area contributed by atoms with E-state index in [1.54, 1.807) is 24.3 Å². The van der Waals surface area contributed by atoms with E-state index in [9.17, 15) is 9.90 Å². The second-order valence-electron chi connectivity index (χ2n) is 5.24. The molecule has 1 saturated carbocycles. The lowest BCUT2D eigenvalue weighted by molar-refractivity contribution is 0.0855. The number of hydrogen-bond acceptors (Lipinski definition) is 3. The average molecular weight is 263 g/mol. The van der Waals surface area contributed by atoms with Gasteiger partial charge in [-0.3, -0.25) is 4.79 Å². The van der Waals surface area contributed by atoms with Crippen LogP contribution in [0.25, 0.3) is 0 Å². The Bertz CT molecular complexity index is 410. The lowest BCUT2D eigenvalue weighted by atomic mass is 10.0.